The lowest BCUT2D eigenvalue weighted by atomic mass is 9.81. The molecule has 2 N–H and O–H groups in total. The molecule has 0 aromatic rings. The Labute approximate surface area is 144 Å². The molecule has 130 valence electrons. The van der Waals surface area contributed by atoms with Crippen LogP contribution in [0.4, 0.5) is 0 Å². The number of hydrogen-bond donors (Lipinski definition) is 2. The van der Waals surface area contributed by atoms with Gasteiger partial charge in [0.15, 0.2) is 0 Å². The zero-order valence-corrected chi connectivity index (χ0v) is 14.7. The molecule has 4 fully saturated rings. The van der Waals surface area contributed by atoms with Crippen molar-refractivity contribution < 1.29 is 4.79 Å². The summed E-state index contributed by atoms with van der Waals surface area (Å²) in [5.41, 5.74) is 6.14. The smallest absolute Gasteiger partial charge is 0.253 e. The lowest BCUT2D eigenvalue weighted by Crippen LogP contribution is -2.65. The van der Waals surface area contributed by atoms with Gasteiger partial charge in [0.2, 0.25) is 0 Å². The van der Waals surface area contributed by atoms with Gasteiger partial charge < -0.3 is 0 Å². The standard InChI is InChI=1S/C17H29ClN4O/c18-15-14(12-19-20-16(15)23)21-8-10-22(11-9-21)17(6-7-17)13-4-2-1-3-5-13/h13-15,19H,1-12H2,(H,20,23). The molecule has 0 aromatic heterocycles. The van der Waals surface area contributed by atoms with E-state index in [0.717, 1.165) is 38.6 Å². The molecule has 0 spiro atoms. The van der Waals surface area contributed by atoms with Crippen LogP contribution in [0.1, 0.15) is 44.9 Å². The molecule has 2 saturated carbocycles. The summed E-state index contributed by atoms with van der Waals surface area (Å²) >= 11 is 6.32. The van der Waals surface area contributed by atoms with Gasteiger partial charge in [0, 0.05) is 44.3 Å². The average molecular weight is 341 g/mol. The summed E-state index contributed by atoms with van der Waals surface area (Å²) in [6, 6.07) is 0.123. The Hall–Kier alpha value is -0.360. The average Bonchev–Trinajstić information content (AvgIpc) is 3.40. The van der Waals surface area contributed by atoms with E-state index < -0.39 is 5.38 Å². The first-order chi connectivity index (χ1) is 11.2. The number of piperazine rings is 1. The monoisotopic (exact) mass is 340 g/mol. The Kier molecular flexibility index (Phi) is 4.56. The fraction of sp³-hybridized carbons (Fsp3) is 0.941. The first kappa shape index (κ1) is 16.1. The van der Waals surface area contributed by atoms with Crippen molar-refractivity contribution in [3.8, 4) is 0 Å². The number of nitrogens with zero attached hydrogens (tertiary/aromatic N) is 2. The molecule has 23 heavy (non-hydrogen) atoms. The summed E-state index contributed by atoms with van der Waals surface area (Å²) in [6.07, 6.45) is 10.0. The van der Waals surface area contributed by atoms with Gasteiger partial charge in [-0.15, -0.1) is 11.6 Å². The van der Waals surface area contributed by atoms with Gasteiger partial charge in [0.05, 0.1) is 0 Å². The van der Waals surface area contributed by atoms with E-state index in [4.69, 9.17) is 11.6 Å². The molecule has 0 bridgehead atoms. The third-order valence-electron chi connectivity index (χ3n) is 6.65. The maximum absolute atomic E-state index is 11.7. The van der Waals surface area contributed by atoms with Crippen LogP contribution in [0.25, 0.3) is 0 Å². The van der Waals surface area contributed by atoms with Gasteiger partial charge in [0.25, 0.3) is 5.91 Å². The van der Waals surface area contributed by atoms with Crippen LogP contribution in [0, 0.1) is 5.92 Å². The predicted molar refractivity (Wildman–Crippen MR) is 91.3 cm³/mol. The number of halogens is 1. The quantitative estimate of drug-likeness (QED) is 0.761. The predicted octanol–water partition coefficient (Wildman–Crippen LogP) is 1.33. The van der Waals surface area contributed by atoms with Crippen molar-refractivity contribution in [3.05, 3.63) is 0 Å². The topological polar surface area (TPSA) is 47.6 Å². The van der Waals surface area contributed by atoms with Gasteiger partial charge in [-0.25, -0.2) is 5.43 Å². The van der Waals surface area contributed by atoms with Crippen LogP contribution in [0.3, 0.4) is 0 Å². The third-order valence-corrected chi connectivity index (χ3v) is 7.14. The highest BCUT2D eigenvalue weighted by Gasteiger charge is 2.53. The van der Waals surface area contributed by atoms with E-state index in [0.29, 0.717) is 5.54 Å². The number of rotatable bonds is 3. The molecule has 2 saturated heterocycles. The molecule has 2 aliphatic heterocycles. The third kappa shape index (κ3) is 3.01. The molecule has 0 aromatic carbocycles. The van der Waals surface area contributed by atoms with Crippen LogP contribution < -0.4 is 10.9 Å². The van der Waals surface area contributed by atoms with Crippen molar-refractivity contribution in [1.82, 2.24) is 20.7 Å². The Morgan fingerprint density at radius 3 is 2.39 bits per heavy atom. The molecule has 5 nitrogen and oxygen atoms in total. The van der Waals surface area contributed by atoms with Gasteiger partial charge in [-0.2, -0.15) is 0 Å². The summed E-state index contributed by atoms with van der Waals surface area (Å²) in [6.45, 7) is 5.10. The second-order valence-corrected chi connectivity index (χ2v) is 8.27. The van der Waals surface area contributed by atoms with E-state index in [2.05, 4.69) is 20.7 Å². The number of nitrogens with one attached hydrogen (secondary N) is 2. The molecule has 2 heterocycles. The molecular formula is C17H29ClN4O. The van der Waals surface area contributed by atoms with E-state index in [9.17, 15) is 4.79 Å². The van der Waals surface area contributed by atoms with Crippen molar-refractivity contribution >= 4 is 17.5 Å². The first-order valence-corrected chi connectivity index (χ1v) is 9.80. The van der Waals surface area contributed by atoms with Crippen LogP contribution in [-0.4, -0.2) is 65.4 Å². The van der Waals surface area contributed by atoms with Gasteiger partial charge in [-0.3, -0.25) is 20.0 Å². The minimum absolute atomic E-state index is 0.0915. The summed E-state index contributed by atoms with van der Waals surface area (Å²) < 4.78 is 0. The lowest BCUT2D eigenvalue weighted by Gasteiger charge is -2.47. The largest absolute Gasteiger partial charge is 0.295 e. The van der Waals surface area contributed by atoms with Crippen molar-refractivity contribution in [3.63, 3.8) is 0 Å². The lowest BCUT2D eigenvalue weighted by molar-refractivity contribution is -0.125. The summed E-state index contributed by atoms with van der Waals surface area (Å²) in [4.78, 5) is 16.9. The van der Waals surface area contributed by atoms with E-state index >= 15 is 0 Å². The molecule has 4 rings (SSSR count). The summed E-state index contributed by atoms with van der Waals surface area (Å²) in [5, 5.41) is -0.434. The highest BCUT2D eigenvalue weighted by atomic mass is 35.5. The Bertz CT molecular complexity index is 442. The molecule has 2 atom stereocenters. The zero-order valence-electron chi connectivity index (χ0n) is 13.9. The molecule has 4 aliphatic rings. The molecule has 0 radical (unpaired) electrons. The maximum Gasteiger partial charge on any atom is 0.253 e. The summed E-state index contributed by atoms with van der Waals surface area (Å²) in [7, 11) is 0. The Morgan fingerprint density at radius 2 is 1.74 bits per heavy atom. The first-order valence-electron chi connectivity index (χ1n) is 9.37. The number of carbonyl (C=O) groups is 1. The van der Waals surface area contributed by atoms with Crippen molar-refractivity contribution in [2.75, 3.05) is 32.7 Å². The van der Waals surface area contributed by atoms with E-state index in [1.54, 1.807) is 0 Å². The van der Waals surface area contributed by atoms with E-state index in [-0.39, 0.29) is 11.9 Å². The van der Waals surface area contributed by atoms with Gasteiger partial charge in [0.1, 0.15) is 5.38 Å². The van der Waals surface area contributed by atoms with Crippen molar-refractivity contribution in [2.45, 2.75) is 61.9 Å². The van der Waals surface area contributed by atoms with Gasteiger partial charge in [-0.05, 0) is 31.6 Å². The Balaban J connectivity index is 1.35. The normalized spacial score (nSPS) is 36.7. The van der Waals surface area contributed by atoms with Crippen molar-refractivity contribution in [2.24, 2.45) is 5.92 Å². The number of hydrazine groups is 1. The number of amides is 1. The fourth-order valence-electron chi connectivity index (χ4n) is 5.15. The van der Waals surface area contributed by atoms with Crippen LogP contribution in [-0.2, 0) is 4.79 Å². The highest BCUT2D eigenvalue weighted by molar-refractivity contribution is 6.31. The second kappa shape index (κ2) is 6.51. The zero-order chi connectivity index (χ0) is 15.9. The van der Waals surface area contributed by atoms with Crippen LogP contribution in [0.5, 0.6) is 0 Å². The van der Waals surface area contributed by atoms with E-state index in [1.165, 1.54) is 44.9 Å². The minimum Gasteiger partial charge on any atom is -0.295 e. The fourth-order valence-corrected chi connectivity index (χ4v) is 5.46. The molecule has 6 heteroatoms. The highest BCUT2D eigenvalue weighted by Crippen LogP contribution is 2.52. The summed E-state index contributed by atoms with van der Waals surface area (Å²) in [5.74, 6) is 0.844. The molecule has 2 unspecified atom stereocenters. The van der Waals surface area contributed by atoms with Crippen LogP contribution in [0.2, 0.25) is 0 Å². The maximum atomic E-state index is 11.7. The molecule has 2 aliphatic carbocycles. The van der Waals surface area contributed by atoms with Gasteiger partial charge in [-0.1, -0.05) is 19.3 Å². The minimum atomic E-state index is -0.434. The van der Waals surface area contributed by atoms with E-state index in [1.807, 2.05) is 0 Å². The SMILES string of the molecule is O=C1NNCC(N2CCN(C3(C4CCCCC4)CC3)CC2)C1Cl. The number of hydrogen-bond acceptors (Lipinski definition) is 4. The molecule has 1 amide bonds. The Morgan fingerprint density at radius 1 is 1.04 bits per heavy atom. The number of carbonyl (C=O) groups excluding carboxylic acids is 1. The number of alkyl halides is 1. The van der Waals surface area contributed by atoms with Crippen LogP contribution in [0.15, 0.2) is 0 Å². The van der Waals surface area contributed by atoms with Crippen LogP contribution >= 0.6 is 11.6 Å². The molecular weight excluding hydrogens is 312 g/mol. The van der Waals surface area contributed by atoms with Gasteiger partial charge >= 0.3 is 0 Å². The van der Waals surface area contributed by atoms with Crippen molar-refractivity contribution in [1.29, 1.82) is 0 Å². The second-order valence-electron chi connectivity index (χ2n) is 7.80.